The molecule has 0 heterocycles. The molecule has 0 unspecified atom stereocenters. The zero-order valence-corrected chi connectivity index (χ0v) is 15.5. The maximum Gasteiger partial charge on any atom is 0.265 e. The first-order valence-corrected chi connectivity index (χ1v) is 8.24. The first-order chi connectivity index (χ1) is 10.8. The van der Waals surface area contributed by atoms with E-state index in [0.717, 1.165) is 0 Å². The number of carbonyl (C=O) groups is 1. The quantitative estimate of drug-likeness (QED) is 0.592. The number of halogens is 5. The van der Waals surface area contributed by atoms with E-state index in [-0.39, 0.29) is 15.8 Å². The van der Waals surface area contributed by atoms with Crippen LogP contribution in [0.5, 0.6) is 5.75 Å². The predicted octanol–water partition coefficient (Wildman–Crippen LogP) is 6.36. The highest BCUT2D eigenvalue weighted by Gasteiger charge is 2.18. The summed E-state index contributed by atoms with van der Waals surface area (Å²) < 4.78 is 5.52. The number of nitrogens with one attached hydrogen (secondary N) is 1. The molecule has 0 saturated carbocycles. The second-order valence-electron chi connectivity index (χ2n) is 4.57. The minimum Gasteiger partial charge on any atom is -0.479 e. The van der Waals surface area contributed by atoms with Crippen molar-refractivity contribution in [3.8, 4) is 5.75 Å². The number of hydrogen-bond acceptors (Lipinski definition) is 2. The molecule has 2 aromatic carbocycles. The number of rotatable bonds is 4. The van der Waals surface area contributed by atoms with Gasteiger partial charge in [0.2, 0.25) is 0 Å². The minimum absolute atomic E-state index is 0.250. The molecule has 23 heavy (non-hydrogen) atoms. The van der Waals surface area contributed by atoms with Gasteiger partial charge >= 0.3 is 0 Å². The maximum atomic E-state index is 12.2. The molecule has 0 aliphatic rings. The van der Waals surface area contributed by atoms with E-state index >= 15 is 0 Å². The Kier molecular flexibility index (Phi) is 6.29. The molecule has 0 saturated heterocycles. The van der Waals surface area contributed by atoms with Crippen molar-refractivity contribution in [2.24, 2.45) is 0 Å². The van der Waals surface area contributed by atoms with Crippen LogP contribution in [-0.2, 0) is 4.79 Å². The first kappa shape index (κ1) is 18.5. The van der Waals surface area contributed by atoms with Crippen LogP contribution >= 0.6 is 58.0 Å². The summed E-state index contributed by atoms with van der Waals surface area (Å²) in [5, 5.41) is 4.27. The Morgan fingerprint density at radius 2 is 1.61 bits per heavy atom. The van der Waals surface area contributed by atoms with Crippen LogP contribution in [0.15, 0.2) is 30.3 Å². The van der Waals surface area contributed by atoms with Crippen molar-refractivity contribution in [2.45, 2.75) is 13.0 Å². The van der Waals surface area contributed by atoms with Crippen molar-refractivity contribution in [1.29, 1.82) is 0 Å². The molecule has 0 bridgehead atoms. The molecule has 0 aromatic heterocycles. The number of hydrogen-bond donors (Lipinski definition) is 1. The molecule has 8 heteroatoms. The standard InChI is InChI=1S/C15H10Cl5NO2/c1-7(23-14-6-11(19)10(18)5-12(14)20)15(22)21-13-4-8(16)2-3-9(13)17/h2-7H,1H3,(H,21,22)/t7-/m1/s1. The van der Waals surface area contributed by atoms with E-state index in [9.17, 15) is 4.79 Å². The normalized spacial score (nSPS) is 11.9. The summed E-state index contributed by atoms with van der Waals surface area (Å²) in [7, 11) is 0. The lowest BCUT2D eigenvalue weighted by molar-refractivity contribution is -0.122. The van der Waals surface area contributed by atoms with E-state index in [0.29, 0.717) is 20.8 Å². The Morgan fingerprint density at radius 3 is 2.30 bits per heavy atom. The third kappa shape index (κ3) is 4.82. The smallest absolute Gasteiger partial charge is 0.265 e. The summed E-state index contributed by atoms with van der Waals surface area (Å²) in [6, 6.07) is 7.64. The molecular weight excluding hydrogens is 403 g/mol. The fourth-order valence-electron chi connectivity index (χ4n) is 1.67. The zero-order valence-electron chi connectivity index (χ0n) is 11.7. The monoisotopic (exact) mass is 411 g/mol. The number of amides is 1. The predicted molar refractivity (Wildman–Crippen MR) is 96.7 cm³/mol. The molecule has 2 aromatic rings. The lowest BCUT2D eigenvalue weighted by Gasteiger charge is -2.16. The van der Waals surface area contributed by atoms with Crippen molar-refractivity contribution in [1.82, 2.24) is 0 Å². The van der Waals surface area contributed by atoms with Gasteiger partial charge in [0.25, 0.3) is 5.91 Å². The summed E-state index contributed by atoms with van der Waals surface area (Å²) in [5.74, 6) is -0.169. The molecule has 2 rings (SSSR count). The van der Waals surface area contributed by atoms with E-state index in [1.807, 2.05) is 0 Å². The lowest BCUT2D eigenvalue weighted by atomic mass is 10.3. The number of carbonyl (C=O) groups excluding carboxylic acids is 1. The van der Waals surface area contributed by atoms with Gasteiger partial charge in [-0.25, -0.2) is 0 Å². The fourth-order valence-corrected chi connectivity index (χ4v) is 2.58. The Balaban J connectivity index is 2.11. The van der Waals surface area contributed by atoms with Gasteiger partial charge < -0.3 is 10.1 Å². The van der Waals surface area contributed by atoms with Crippen LogP contribution in [0, 0.1) is 0 Å². The third-order valence-electron chi connectivity index (χ3n) is 2.83. The van der Waals surface area contributed by atoms with Gasteiger partial charge in [-0.2, -0.15) is 0 Å². The Labute approximate surface area is 158 Å². The summed E-state index contributed by atoms with van der Waals surface area (Å²) >= 11 is 29.7. The Morgan fingerprint density at radius 1 is 0.957 bits per heavy atom. The van der Waals surface area contributed by atoms with Gasteiger partial charge in [0, 0.05) is 11.1 Å². The molecule has 0 aliphatic heterocycles. The van der Waals surface area contributed by atoms with Gasteiger partial charge in [-0.3, -0.25) is 4.79 Å². The van der Waals surface area contributed by atoms with Crippen LogP contribution < -0.4 is 10.1 Å². The van der Waals surface area contributed by atoms with Gasteiger partial charge in [0.1, 0.15) is 5.75 Å². The van der Waals surface area contributed by atoms with Crippen LogP contribution in [0.3, 0.4) is 0 Å². The molecule has 122 valence electrons. The van der Waals surface area contributed by atoms with Crippen molar-refractivity contribution in [2.75, 3.05) is 5.32 Å². The highest BCUT2D eigenvalue weighted by Crippen LogP contribution is 2.34. The number of benzene rings is 2. The van der Waals surface area contributed by atoms with Gasteiger partial charge in [0.05, 0.1) is 25.8 Å². The highest BCUT2D eigenvalue weighted by molar-refractivity contribution is 6.43. The third-order valence-corrected chi connectivity index (χ3v) is 4.42. The molecule has 1 atom stereocenters. The second kappa shape index (κ2) is 7.82. The van der Waals surface area contributed by atoms with Crippen molar-refractivity contribution >= 4 is 69.6 Å². The molecule has 0 aliphatic carbocycles. The van der Waals surface area contributed by atoms with Gasteiger partial charge in [-0.05, 0) is 31.2 Å². The van der Waals surface area contributed by atoms with Crippen molar-refractivity contribution < 1.29 is 9.53 Å². The van der Waals surface area contributed by atoms with Crippen LogP contribution in [0.25, 0.3) is 0 Å². The minimum atomic E-state index is -0.847. The van der Waals surface area contributed by atoms with E-state index < -0.39 is 12.0 Å². The van der Waals surface area contributed by atoms with E-state index in [2.05, 4.69) is 5.32 Å². The molecule has 1 amide bonds. The average molecular weight is 414 g/mol. The summed E-state index contributed by atoms with van der Waals surface area (Å²) in [6.45, 7) is 1.56. The molecule has 0 radical (unpaired) electrons. The maximum absolute atomic E-state index is 12.2. The molecule has 3 nitrogen and oxygen atoms in total. The molecule has 1 N–H and O–H groups in total. The summed E-state index contributed by atoms with van der Waals surface area (Å²) in [6.07, 6.45) is -0.847. The van der Waals surface area contributed by atoms with E-state index in [4.69, 9.17) is 62.7 Å². The average Bonchev–Trinajstić information content (AvgIpc) is 2.48. The van der Waals surface area contributed by atoms with Gasteiger partial charge in [-0.1, -0.05) is 58.0 Å². The molecule has 0 spiro atoms. The topological polar surface area (TPSA) is 38.3 Å². The fraction of sp³-hybridized carbons (Fsp3) is 0.133. The molecular formula is C15H10Cl5NO2. The highest BCUT2D eigenvalue weighted by atomic mass is 35.5. The largest absolute Gasteiger partial charge is 0.479 e. The summed E-state index contributed by atoms with van der Waals surface area (Å²) in [4.78, 5) is 12.2. The SMILES string of the molecule is C[C@@H](Oc1cc(Cl)c(Cl)cc1Cl)C(=O)Nc1cc(Cl)ccc1Cl. The number of anilines is 1. The van der Waals surface area contributed by atoms with Gasteiger partial charge in [0.15, 0.2) is 6.10 Å². The Bertz CT molecular complexity index is 751. The van der Waals surface area contributed by atoms with Gasteiger partial charge in [-0.15, -0.1) is 0 Å². The van der Waals surface area contributed by atoms with Crippen LogP contribution in [-0.4, -0.2) is 12.0 Å². The van der Waals surface area contributed by atoms with Crippen molar-refractivity contribution in [3.63, 3.8) is 0 Å². The van der Waals surface area contributed by atoms with Crippen LogP contribution in [0.4, 0.5) is 5.69 Å². The van der Waals surface area contributed by atoms with E-state index in [1.54, 1.807) is 25.1 Å². The first-order valence-electron chi connectivity index (χ1n) is 6.35. The Hall–Kier alpha value is -0.840. The van der Waals surface area contributed by atoms with Crippen molar-refractivity contribution in [3.05, 3.63) is 55.4 Å². The second-order valence-corrected chi connectivity index (χ2v) is 6.64. The molecule has 0 fully saturated rings. The zero-order chi connectivity index (χ0) is 17.1. The number of ether oxygens (including phenoxy) is 1. The lowest BCUT2D eigenvalue weighted by Crippen LogP contribution is -2.30. The van der Waals surface area contributed by atoms with Crippen LogP contribution in [0.2, 0.25) is 25.1 Å². The van der Waals surface area contributed by atoms with Crippen LogP contribution in [0.1, 0.15) is 6.92 Å². The summed E-state index contributed by atoms with van der Waals surface area (Å²) in [5.41, 5.74) is 0.389. The van der Waals surface area contributed by atoms with E-state index in [1.165, 1.54) is 12.1 Å².